The van der Waals surface area contributed by atoms with E-state index in [-0.39, 0.29) is 6.10 Å². The molecule has 0 bridgehead atoms. The Kier molecular flexibility index (Phi) is 5.76. The topological polar surface area (TPSA) is 37.4 Å². The number of morpholine rings is 1. The van der Waals surface area contributed by atoms with Gasteiger partial charge in [0.15, 0.2) is 0 Å². The normalized spacial score (nSPS) is 22.6. The molecule has 0 aromatic carbocycles. The van der Waals surface area contributed by atoms with Crippen LogP contribution < -0.4 is 5.32 Å². The molecule has 1 aromatic rings. The van der Waals surface area contributed by atoms with Crippen molar-refractivity contribution >= 4 is 11.3 Å². The van der Waals surface area contributed by atoms with E-state index in [2.05, 4.69) is 41.4 Å². The average molecular weight is 283 g/mol. The zero-order valence-electron chi connectivity index (χ0n) is 12.2. The predicted octanol–water partition coefficient (Wildman–Crippen LogP) is 1.69. The lowest BCUT2D eigenvalue weighted by molar-refractivity contribution is -0.0445. The minimum atomic E-state index is 0.276. The van der Waals surface area contributed by atoms with Gasteiger partial charge in [0.2, 0.25) is 0 Å². The molecule has 1 saturated heterocycles. The summed E-state index contributed by atoms with van der Waals surface area (Å²) in [5.74, 6) is 0. The molecule has 1 fully saturated rings. The second kappa shape index (κ2) is 7.33. The Hall–Kier alpha value is -0.490. The van der Waals surface area contributed by atoms with E-state index in [9.17, 15) is 0 Å². The molecule has 1 aromatic heterocycles. The van der Waals surface area contributed by atoms with Crippen LogP contribution in [-0.4, -0.2) is 54.8 Å². The maximum Gasteiger partial charge on any atom is 0.0944 e. The van der Waals surface area contributed by atoms with Gasteiger partial charge in [0.05, 0.1) is 17.7 Å². The number of thiazole rings is 1. The predicted molar refractivity (Wildman–Crippen MR) is 79.9 cm³/mol. The van der Waals surface area contributed by atoms with Crippen LogP contribution in [0.25, 0.3) is 0 Å². The highest BCUT2D eigenvalue weighted by atomic mass is 32.1. The van der Waals surface area contributed by atoms with Crippen molar-refractivity contribution in [3.8, 4) is 0 Å². The number of nitrogens with zero attached hydrogens (tertiary/aromatic N) is 2. The number of ether oxygens (including phenoxy) is 1. The molecule has 2 unspecified atom stereocenters. The van der Waals surface area contributed by atoms with E-state index in [1.807, 2.05) is 0 Å². The summed E-state index contributed by atoms with van der Waals surface area (Å²) in [6.45, 7) is 11.4. The number of likely N-dealkylation sites (N-methyl/N-ethyl adjacent to an activating group) is 2. The van der Waals surface area contributed by atoms with Crippen molar-refractivity contribution in [3.63, 3.8) is 0 Å². The number of aromatic nitrogens is 1. The third kappa shape index (κ3) is 4.24. The Bertz CT molecular complexity index is 383. The number of rotatable bonds is 6. The molecule has 4 nitrogen and oxygen atoms in total. The second-order valence-electron chi connectivity index (χ2n) is 5.05. The monoisotopic (exact) mass is 283 g/mol. The Morgan fingerprint density at radius 2 is 2.42 bits per heavy atom. The van der Waals surface area contributed by atoms with E-state index in [4.69, 9.17) is 4.74 Å². The number of aryl methyl sites for hydroxylation is 1. The lowest BCUT2D eigenvalue weighted by Crippen LogP contribution is -2.53. The van der Waals surface area contributed by atoms with Crippen LogP contribution in [0.15, 0.2) is 5.38 Å². The Morgan fingerprint density at radius 3 is 3.05 bits per heavy atom. The van der Waals surface area contributed by atoms with Crippen LogP contribution in [-0.2, 0) is 11.2 Å². The van der Waals surface area contributed by atoms with E-state index < -0.39 is 0 Å². The summed E-state index contributed by atoms with van der Waals surface area (Å²) in [6, 6.07) is 0.366. The van der Waals surface area contributed by atoms with E-state index in [0.29, 0.717) is 6.04 Å². The SMILES string of the molecule is CCNC(Cc1nc(C)cs1)C1CN(CC)CCO1. The van der Waals surface area contributed by atoms with Gasteiger partial charge >= 0.3 is 0 Å². The summed E-state index contributed by atoms with van der Waals surface area (Å²) >= 11 is 1.75. The molecule has 0 aliphatic carbocycles. The lowest BCUT2D eigenvalue weighted by Gasteiger charge is -2.36. The summed E-state index contributed by atoms with van der Waals surface area (Å²) in [5.41, 5.74) is 1.12. The van der Waals surface area contributed by atoms with Gasteiger partial charge in [-0.1, -0.05) is 13.8 Å². The van der Waals surface area contributed by atoms with Crippen LogP contribution in [0.4, 0.5) is 0 Å². The maximum absolute atomic E-state index is 5.98. The van der Waals surface area contributed by atoms with Gasteiger partial charge in [0.25, 0.3) is 0 Å². The van der Waals surface area contributed by atoms with Crippen molar-refractivity contribution in [2.75, 3.05) is 32.8 Å². The van der Waals surface area contributed by atoms with Crippen molar-refractivity contribution in [3.05, 3.63) is 16.1 Å². The standard InChI is InChI=1S/C14H25N3OS/c1-4-15-12(8-14-16-11(3)10-19-14)13-9-17(5-2)6-7-18-13/h10,12-13,15H,4-9H2,1-3H3. The van der Waals surface area contributed by atoms with Crippen LogP contribution in [0.3, 0.4) is 0 Å². The highest BCUT2D eigenvalue weighted by Crippen LogP contribution is 2.16. The molecule has 5 heteroatoms. The smallest absolute Gasteiger partial charge is 0.0944 e. The molecule has 0 saturated carbocycles. The zero-order chi connectivity index (χ0) is 13.7. The van der Waals surface area contributed by atoms with Crippen molar-refractivity contribution < 1.29 is 4.74 Å². The van der Waals surface area contributed by atoms with Gasteiger partial charge in [-0.15, -0.1) is 11.3 Å². The number of nitrogens with one attached hydrogen (secondary N) is 1. The Morgan fingerprint density at radius 1 is 1.58 bits per heavy atom. The molecule has 2 heterocycles. The average Bonchev–Trinajstić information content (AvgIpc) is 2.84. The lowest BCUT2D eigenvalue weighted by atomic mass is 10.1. The van der Waals surface area contributed by atoms with E-state index in [1.54, 1.807) is 11.3 Å². The first-order chi connectivity index (χ1) is 9.22. The third-order valence-corrected chi connectivity index (χ3v) is 4.59. The molecule has 0 amide bonds. The van der Waals surface area contributed by atoms with Gasteiger partial charge in [-0.05, 0) is 20.0 Å². The molecule has 1 aliphatic heterocycles. The largest absolute Gasteiger partial charge is 0.374 e. The highest BCUT2D eigenvalue weighted by Gasteiger charge is 2.27. The molecule has 108 valence electrons. The fraction of sp³-hybridized carbons (Fsp3) is 0.786. The van der Waals surface area contributed by atoms with Crippen LogP contribution >= 0.6 is 11.3 Å². The minimum Gasteiger partial charge on any atom is -0.374 e. The fourth-order valence-corrected chi connectivity index (χ4v) is 3.38. The third-order valence-electron chi connectivity index (χ3n) is 3.60. The second-order valence-corrected chi connectivity index (χ2v) is 6.00. The quantitative estimate of drug-likeness (QED) is 0.862. The maximum atomic E-state index is 5.98. The summed E-state index contributed by atoms with van der Waals surface area (Å²) < 4.78 is 5.98. The molecule has 1 aliphatic rings. The van der Waals surface area contributed by atoms with E-state index in [1.165, 1.54) is 5.01 Å². The zero-order valence-corrected chi connectivity index (χ0v) is 13.0. The van der Waals surface area contributed by atoms with Crippen molar-refractivity contribution in [1.29, 1.82) is 0 Å². The molecule has 2 rings (SSSR count). The summed E-state index contributed by atoms with van der Waals surface area (Å²) in [4.78, 5) is 7.04. The first-order valence-electron chi connectivity index (χ1n) is 7.21. The minimum absolute atomic E-state index is 0.276. The van der Waals surface area contributed by atoms with Crippen molar-refractivity contribution in [2.45, 2.75) is 39.3 Å². The molecule has 0 spiro atoms. The molecule has 1 N–H and O–H groups in total. The Labute approximate surface area is 120 Å². The molecular formula is C14H25N3OS. The van der Waals surface area contributed by atoms with E-state index in [0.717, 1.165) is 44.9 Å². The van der Waals surface area contributed by atoms with Gasteiger partial charge in [-0.25, -0.2) is 4.98 Å². The van der Waals surface area contributed by atoms with Crippen LogP contribution in [0.2, 0.25) is 0 Å². The van der Waals surface area contributed by atoms with Crippen molar-refractivity contribution in [2.24, 2.45) is 0 Å². The van der Waals surface area contributed by atoms with Crippen molar-refractivity contribution in [1.82, 2.24) is 15.2 Å². The fourth-order valence-electron chi connectivity index (χ4n) is 2.54. The van der Waals surface area contributed by atoms with Crippen LogP contribution in [0.1, 0.15) is 24.5 Å². The highest BCUT2D eigenvalue weighted by molar-refractivity contribution is 7.09. The summed E-state index contributed by atoms with van der Waals surface area (Å²) in [5, 5.41) is 6.90. The van der Waals surface area contributed by atoms with Crippen LogP contribution in [0, 0.1) is 6.92 Å². The summed E-state index contributed by atoms with van der Waals surface area (Å²) in [6.07, 6.45) is 1.24. The van der Waals surface area contributed by atoms with E-state index >= 15 is 0 Å². The number of hydrogen-bond donors (Lipinski definition) is 1. The molecule has 0 radical (unpaired) electrons. The number of hydrogen-bond acceptors (Lipinski definition) is 5. The summed E-state index contributed by atoms with van der Waals surface area (Å²) in [7, 11) is 0. The molecule has 19 heavy (non-hydrogen) atoms. The van der Waals surface area contributed by atoms with Gasteiger partial charge < -0.3 is 10.1 Å². The van der Waals surface area contributed by atoms with Gasteiger partial charge in [-0.2, -0.15) is 0 Å². The van der Waals surface area contributed by atoms with Gasteiger partial charge in [-0.3, -0.25) is 4.90 Å². The van der Waals surface area contributed by atoms with Crippen LogP contribution in [0.5, 0.6) is 0 Å². The van der Waals surface area contributed by atoms with Gasteiger partial charge in [0, 0.05) is 36.6 Å². The Balaban J connectivity index is 1.98. The first-order valence-corrected chi connectivity index (χ1v) is 8.09. The molecular weight excluding hydrogens is 258 g/mol. The molecule has 2 atom stereocenters. The van der Waals surface area contributed by atoms with Gasteiger partial charge in [0.1, 0.15) is 0 Å². The first kappa shape index (κ1) is 14.9.